The van der Waals surface area contributed by atoms with Crippen LogP contribution in [0.2, 0.25) is 0 Å². The van der Waals surface area contributed by atoms with E-state index in [1.807, 2.05) is 0 Å². The molecule has 0 amide bonds. The number of hydrogen-bond donors (Lipinski definition) is 0. The van der Waals surface area contributed by atoms with Gasteiger partial charge in [0.2, 0.25) is 0 Å². The Hall–Kier alpha value is 0.220. The van der Waals surface area contributed by atoms with E-state index in [4.69, 9.17) is 0 Å². The van der Waals surface area contributed by atoms with Crippen molar-refractivity contribution in [1.29, 1.82) is 0 Å². The van der Waals surface area contributed by atoms with Crippen molar-refractivity contribution in [1.82, 2.24) is 0 Å². The Bertz CT molecular complexity index is 388. The maximum absolute atomic E-state index is 2.30. The van der Waals surface area contributed by atoms with Crippen molar-refractivity contribution in [3.8, 4) is 0 Å². The van der Waals surface area contributed by atoms with Crippen molar-refractivity contribution < 1.29 is 31.0 Å². The van der Waals surface area contributed by atoms with E-state index in [0.29, 0.717) is 0 Å². The zero-order valence-corrected chi connectivity index (χ0v) is 20.3. The van der Waals surface area contributed by atoms with Gasteiger partial charge in [-0.25, -0.2) is 0 Å². The van der Waals surface area contributed by atoms with Gasteiger partial charge in [0.1, 0.15) is 0 Å². The quantitative estimate of drug-likeness (QED) is 0.237. The van der Waals surface area contributed by atoms with Crippen LogP contribution in [0, 0.1) is 6.92 Å². The summed E-state index contributed by atoms with van der Waals surface area (Å²) in [4.78, 5) is 0. The first-order chi connectivity index (χ1) is 12.3. The van der Waals surface area contributed by atoms with Gasteiger partial charge >= 0.3 is 29.6 Å². The summed E-state index contributed by atoms with van der Waals surface area (Å²) in [6, 6.07) is 9.06. The molecular weight excluding hydrogens is 323 g/mol. The fourth-order valence-corrected chi connectivity index (χ4v) is 3.63. The minimum Gasteiger partial charge on any atom is -1.00 e. The summed E-state index contributed by atoms with van der Waals surface area (Å²) < 4.78 is 0. The monoisotopic (exact) mass is 368 g/mol. The van der Waals surface area contributed by atoms with Crippen molar-refractivity contribution in [3.63, 3.8) is 0 Å². The van der Waals surface area contributed by atoms with Gasteiger partial charge in [0.25, 0.3) is 0 Å². The van der Waals surface area contributed by atoms with Crippen molar-refractivity contribution in [2.24, 2.45) is 0 Å². The van der Waals surface area contributed by atoms with Crippen molar-refractivity contribution >= 4 is 0 Å². The molecule has 0 N–H and O–H groups in total. The molecule has 1 rings (SSSR count). The molecule has 0 heterocycles. The van der Waals surface area contributed by atoms with Gasteiger partial charge < -0.3 is 1.43 Å². The molecule has 0 nitrogen and oxygen atoms in total. The molecule has 0 fully saturated rings. The first kappa shape index (κ1) is 26.2. The molecule has 0 bridgehead atoms. The van der Waals surface area contributed by atoms with Crippen LogP contribution >= 0.6 is 0 Å². The molecule has 146 valence electrons. The second-order valence-electron chi connectivity index (χ2n) is 8.04. The number of rotatable bonds is 17. The zero-order valence-electron chi connectivity index (χ0n) is 19.3. The van der Waals surface area contributed by atoms with Crippen LogP contribution in [0.5, 0.6) is 0 Å². The smallest absolute Gasteiger partial charge is 1.00 e. The van der Waals surface area contributed by atoms with Gasteiger partial charge in [-0.1, -0.05) is 133 Å². The van der Waals surface area contributed by atoms with Gasteiger partial charge in [-0.2, -0.15) is 0 Å². The van der Waals surface area contributed by atoms with Crippen LogP contribution in [0.3, 0.4) is 0 Å². The van der Waals surface area contributed by atoms with Gasteiger partial charge in [0.15, 0.2) is 0 Å². The average Bonchev–Trinajstić information content (AvgIpc) is 2.63. The van der Waals surface area contributed by atoms with E-state index in [2.05, 4.69) is 38.1 Å². The largest absolute Gasteiger partial charge is 1.00 e. The Morgan fingerprint density at radius 1 is 0.538 bits per heavy atom. The molecule has 0 aliphatic heterocycles. The molecule has 1 aromatic carbocycles. The number of hydrogen-bond acceptors (Lipinski definition) is 0. The Morgan fingerprint density at radius 3 is 1.27 bits per heavy atom. The summed E-state index contributed by atoms with van der Waals surface area (Å²) in [5.41, 5.74) is 2.88. The van der Waals surface area contributed by atoms with Crippen LogP contribution in [0.25, 0.3) is 0 Å². The molecule has 0 atom stereocenters. The molecule has 0 saturated heterocycles. The molecule has 1 heteroatoms. The topological polar surface area (TPSA) is 0 Å². The predicted molar refractivity (Wildman–Crippen MR) is 116 cm³/mol. The zero-order chi connectivity index (χ0) is 18.0. The van der Waals surface area contributed by atoms with Gasteiger partial charge in [-0.3, -0.25) is 0 Å². The number of unbranched alkanes of at least 4 members (excludes halogenated alkanes) is 15. The number of benzene rings is 1. The maximum Gasteiger partial charge on any atom is 1.00 e. The summed E-state index contributed by atoms with van der Waals surface area (Å²) >= 11 is 0. The fraction of sp³-hybridized carbons (Fsp3) is 0.760. The Kier molecular flexibility index (Phi) is 20.1. The fourth-order valence-electron chi connectivity index (χ4n) is 3.63. The van der Waals surface area contributed by atoms with E-state index < -0.39 is 0 Å². The third-order valence-corrected chi connectivity index (χ3v) is 5.44. The molecule has 0 aliphatic rings. The van der Waals surface area contributed by atoms with E-state index in [0.717, 1.165) is 0 Å². The SMILES string of the molecule is CCCCCCCCCCCCCCCCCCc1ccc(C)cc1.[H-].[Na+]. The number of aryl methyl sites for hydroxylation is 2. The second kappa shape index (κ2) is 20.0. The Morgan fingerprint density at radius 2 is 0.885 bits per heavy atom. The second-order valence-corrected chi connectivity index (χ2v) is 8.04. The van der Waals surface area contributed by atoms with E-state index in [9.17, 15) is 0 Å². The third-order valence-electron chi connectivity index (χ3n) is 5.44. The van der Waals surface area contributed by atoms with Gasteiger partial charge in [-0.05, 0) is 25.3 Å². The van der Waals surface area contributed by atoms with Gasteiger partial charge in [0.05, 0.1) is 0 Å². The van der Waals surface area contributed by atoms with Crippen LogP contribution in [0.4, 0.5) is 0 Å². The summed E-state index contributed by atoms with van der Waals surface area (Å²) in [5, 5.41) is 0. The summed E-state index contributed by atoms with van der Waals surface area (Å²) in [5.74, 6) is 0. The van der Waals surface area contributed by atoms with E-state index in [-0.39, 0.29) is 31.0 Å². The molecular formula is C25H45Na. The predicted octanol–water partition coefficient (Wildman–Crippen LogP) is 5.92. The molecule has 0 aromatic heterocycles. The average molecular weight is 369 g/mol. The molecule has 0 radical (unpaired) electrons. The molecule has 0 saturated carbocycles. The molecule has 0 spiro atoms. The minimum atomic E-state index is 0. The Labute approximate surface area is 188 Å². The van der Waals surface area contributed by atoms with E-state index in [1.165, 1.54) is 120 Å². The van der Waals surface area contributed by atoms with Crippen LogP contribution in [-0.4, -0.2) is 0 Å². The van der Waals surface area contributed by atoms with Crippen LogP contribution in [0.15, 0.2) is 24.3 Å². The standard InChI is InChI=1S/C25H44.Na.H/c1-3-4-5-6-7-8-9-10-11-12-13-14-15-16-17-18-19-25-22-20-24(2)21-23-25;;/h20-23H,3-19H2,1-2H3;;/q;+1;-1. The first-order valence-corrected chi connectivity index (χ1v) is 11.4. The van der Waals surface area contributed by atoms with Crippen LogP contribution in [0.1, 0.15) is 122 Å². The molecule has 1 aromatic rings. The van der Waals surface area contributed by atoms with Crippen molar-refractivity contribution in [3.05, 3.63) is 35.4 Å². The van der Waals surface area contributed by atoms with Crippen LogP contribution in [-0.2, 0) is 6.42 Å². The maximum atomic E-state index is 2.30. The summed E-state index contributed by atoms with van der Waals surface area (Å²) in [7, 11) is 0. The normalized spacial score (nSPS) is 10.7. The van der Waals surface area contributed by atoms with Gasteiger partial charge in [0, 0.05) is 0 Å². The molecule has 26 heavy (non-hydrogen) atoms. The first-order valence-electron chi connectivity index (χ1n) is 11.4. The van der Waals surface area contributed by atoms with Gasteiger partial charge in [-0.15, -0.1) is 0 Å². The van der Waals surface area contributed by atoms with E-state index in [1.54, 1.807) is 0 Å². The van der Waals surface area contributed by atoms with Crippen LogP contribution < -0.4 is 29.6 Å². The molecule has 0 unspecified atom stereocenters. The summed E-state index contributed by atoms with van der Waals surface area (Å²) in [6.07, 6.45) is 24.4. The Balaban J connectivity index is 0. The minimum absolute atomic E-state index is 0. The van der Waals surface area contributed by atoms with E-state index >= 15 is 0 Å². The molecule has 0 aliphatic carbocycles. The van der Waals surface area contributed by atoms with Crippen molar-refractivity contribution in [2.75, 3.05) is 0 Å². The van der Waals surface area contributed by atoms with Crippen molar-refractivity contribution in [2.45, 2.75) is 123 Å². The third kappa shape index (κ3) is 16.4. The summed E-state index contributed by atoms with van der Waals surface area (Å²) in [6.45, 7) is 4.46.